The van der Waals surface area contributed by atoms with Crippen LogP contribution in [0.4, 0.5) is 4.79 Å². The Morgan fingerprint density at radius 1 is 1.27 bits per heavy atom. The Kier molecular flexibility index (Phi) is 10.6. The summed E-state index contributed by atoms with van der Waals surface area (Å²) in [5.74, 6) is 0.688. The van der Waals surface area contributed by atoms with E-state index in [0.717, 1.165) is 41.5 Å². The van der Waals surface area contributed by atoms with E-state index in [1.807, 2.05) is 24.1 Å². The van der Waals surface area contributed by atoms with Crippen LogP contribution in [0.15, 0.2) is 29.6 Å². The number of thiophene rings is 1. The van der Waals surface area contributed by atoms with Crippen molar-refractivity contribution in [2.45, 2.75) is 75.5 Å². The maximum atomic E-state index is 13.4. The predicted octanol–water partition coefficient (Wildman–Crippen LogP) is 4.87. The Bertz CT molecular complexity index is 979. The molecule has 1 saturated heterocycles. The maximum Gasteiger partial charge on any atom is 0.317 e. The molecule has 37 heavy (non-hydrogen) atoms. The lowest BCUT2D eigenvalue weighted by molar-refractivity contribution is -0.145. The third-order valence-corrected chi connectivity index (χ3v) is 9.07. The number of rotatable bonds is 12. The van der Waals surface area contributed by atoms with Crippen molar-refractivity contribution in [1.29, 1.82) is 0 Å². The van der Waals surface area contributed by atoms with Gasteiger partial charge >= 0.3 is 6.03 Å². The molecule has 7 nitrogen and oxygen atoms in total. The summed E-state index contributed by atoms with van der Waals surface area (Å²) in [6.07, 6.45) is 9.21. The summed E-state index contributed by atoms with van der Waals surface area (Å²) in [7, 11) is 3.65. The van der Waals surface area contributed by atoms with Gasteiger partial charge in [0.1, 0.15) is 11.7 Å². The minimum absolute atomic E-state index is 0.0552. The number of nitrogens with zero attached hydrogens (tertiary/aromatic N) is 1. The smallest absolute Gasteiger partial charge is 0.317 e. The number of hydrogen-bond acceptors (Lipinski definition) is 6. The number of carbonyl (C=O) groups is 1. The lowest BCUT2D eigenvalue weighted by Gasteiger charge is -2.43. The van der Waals surface area contributed by atoms with Gasteiger partial charge in [-0.3, -0.25) is 0 Å². The Morgan fingerprint density at radius 3 is 2.89 bits per heavy atom. The summed E-state index contributed by atoms with van der Waals surface area (Å²) < 4.78 is 12.6. The van der Waals surface area contributed by atoms with Crippen LogP contribution in [0.1, 0.15) is 63.4 Å². The number of morpholine rings is 1. The zero-order valence-corrected chi connectivity index (χ0v) is 23.4. The molecule has 3 atom stereocenters. The van der Waals surface area contributed by atoms with E-state index in [9.17, 15) is 9.90 Å². The first-order valence-electron chi connectivity index (χ1n) is 14.0. The molecule has 1 aliphatic carbocycles. The van der Waals surface area contributed by atoms with Gasteiger partial charge in [-0.2, -0.15) is 0 Å². The summed E-state index contributed by atoms with van der Waals surface area (Å²) in [5, 5.41) is 22.0. The van der Waals surface area contributed by atoms with E-state index in [-0.39, 0.29) is 12.1 Å². The van der Waals surface area contributed by atoms with E-state index in [4.69, 9.17) is 9.47 Å². The van der Waals surface area contributed by atoms with Gasteiger partial charge in [0.05, 0.1) is 13.2 Å². The van der Waals surface area contributed by atoms with Crippen LogP contribution in [0.5, 0.6) is 0 Å². The molecular formula is C29H45N3O4S. The van der Waals surface area contributed by atoms with Gasteiger partial charge in [-0.25, -0.2) is 4.79 Å². The number of benzene rings is 1. The van der Waals surface area contributed by atoms with Gasteiger partial charge in [0.25, 0.3) is 0 Å². The molecule has 3 N–H and O–H groups in total. The van der Waals surface area contributed by atoms with E-state index in [1.54, 1.807) is 18.4 Å². The van der Waals surface area contributed by atoms with E-state index in [2.05, 4.69) is 28.1 Å². The van der Waals surface area contributed by atoms with Crippen LogP contribution in [0.25, 0.3) is 10.1 Å². The molecule has 206 valence electrons. The summed E-state index contributed by atoms with van der Waals surface area (Å²) in [4.78, 5) is 15.3. The van der Waals surface area contributed by atoms with Crippen molar-refractivity contribution in [2.24, 2.45) is 5.92 Å². The summed E-state index contributed by atoms with van der Waals surface area (Å²) in [5.41, 5.74) is -0.293. The molecule has 0 bridgehead atoms. The molecule has 2 aliphatic rings. The van der Waals surface area contributed by atoms with Crippen molar-refractivity contribution in [3.63, 3.8) is 0 Å². The second-order valence-corrected chi connectivity index (χ2v) is 11.7. The number of nitrogens with one attached hydrogen (secondary N) is 2. The molecule has 0 radical (unpaired) electrons. The van der Waals surface area contributed by atoms with Crippen molar-refractivity contribution in [3.8, 4) is 0 Å². The largest absolute Gasteiger partial charge is 0.385 e. The summed E-state index contributed by atoms with van der Waals surface area (Å²) in [6.45, 7) is 2.73. The van der Waals surface area contributed by atoms with Crippen LogP contribution in [0.2, 0.25) is 0 Å². The Hall–Kier alpha value is -1.71. The van der Waals surface area contributed by atoms with Crippen molar-refractivity contribution >= 4 is 27.5 Å². The first-order chi connectivity index (χ1) is 18.0. The van der Waals surface area contributed by atoms with Gasteiger partial charge in [0.2, 0.25) is 0 Å². The average molecular weight is 532 g/mol. The number of ether oxygens (including phenoxy) is 2. The van der Waals surface area contributed by atoms with Crippen LogP contribution in [-0.2, 0) is 15.1 Å². The molecule has 2 aromatic rings. The fourth-order valence-electron chi connectivity index (χ4n) is 6.10. The number of methoxy groups -OCH3 is 1. The van der Waals surface area contributed by atoms with Crippen LogP contribution in [0, 0.1) is 5.92 Å². The number of aliphatic hydroxyl groups is 1. The number of amides is 2. The number of urea groups is 1. The third-order valence-electron chi connectivity index (χ3n) is 8.11. The molecule has 2 amide bonds. The molecule has 2 fully saturated rings. The van der Waals surface area contributed by atoms with Crippen molar-refractivity contribution in [2.75, 3.05) is 47.0 Å². The average Bonchev–Trinajstić information content (AvgIpc) is 3.41. The molecule has 1 aromatic heterocycles. The van der Waals surface area contributed by atoms with Gasteiger partial charge in [0.15, 0.2) is 0 Å². The molecular weight excluding hydrogens is 486 g/mol. The number of hydrogen-bond donors (Lipinski definition) is 3. The molecule has 0 spiro atoms. The Balaban J connectivity index is 1.48. The Morgan fingerprint density at radius 2 is 2.11 bits per heavy atom. The van der Waals surface area contributed by atoms with E-state index in [0.29, 0.717) is 38.6 Å². The highest BCUT2D eigenvalue weighted by Crippen LogP contribution is 2.40. The van der Waals surface area contributed by atoms with Gasteiger partial charge in [-0.1, -0.05) is 50.3 Å². The number of fused-ring (bicyclic) bond motifs is 1. The zero-order chi connectivity index (χ0) is 26.1. The quantitative estimate of drug-likeness (QED) is 0.340. The second kappa shape index (κ2) is 13.9. The molecule has 1 aliphatic heterocycles. The molecule has 2 heterocycles. The fraction of sp³-hybridized carbons (Fsp3) is 0.690. The third kappa shape index (κ3) is 7.24. The normalized spacial score (nSPS) is 21.6. The predicted molar refractivity (Wildman–Crippen MR) is 150 cm³/mol. The minimum atomic E-state index is -1.19. The highest BCUT2D eigenvalue weighted by Gasteiger charge is 2.43. The van der Waals surface area contributed by atoms with E-state index < -0.39 is 11.7 Å². The van der Waals surface area contributed by atoms with Crippen molar-refractivity contribution < 1.29 is 19.4 Å². The molecule has 1 aromatic carbocycles. The number of carbonyl (C=O) groups excluding carboxylic acids is 1. The SMILES string of the molecule is CNC[C@H](CC1CCCCC1)NC(=O)N1CCO[C@@H]([C@@](O)(CCCCOC)c2cccc3ccsc23)C1. The lowest BCUT2D eigenvalue weighted by atomic mass is 9.82. The van der Waals surface area contributed by atoms with Crippen LogP contribution in [-0.4, -0.2) is 75.2 Å². The Labute approximate surface area is 225 Å². The van der Waals surface area contributed by atoms with Crippen LogP contribution in [0.3, 0.4) is 0 Å². The number of likely N-dealkylation sites (N-methyl/N-ethyl adjacent to an activating group) is 1. The van der Waals surface area contributed by atoms with Crippen molar-refractivity contribution in [3.05, 3.63) is 35.2 Å². The lowest BCUT2D eigenvalue weighted by Crippen LogP contribution is -2.58. The second-order valence-electron chi connectivity index (χ2n) is 10.8. The van der Waals surface area contributed by atoms with E-state index >= 15 is 0 Å². The summed E-state index contributed by atoms with van der Waals surface area (Å²) >= 11 is 1.65. The topological polar surface area (TPSA) is 83.1 Å². The zero-order valence-electron chi connectivity index (χ0n) is 22.5. The number of unbranched alkanes of at least 4 members (excludes halogenated alkanes) is 1. The molecule has 4 rings (SSSR count). The van der Waals surface area contributed by atoms with Gasteiger partial charge in [0, 0.05) is 43.1 Å². The molecule has 0 unspecified atom stereocenters. The summed E-state index contributed by atoms with van der Waals surface area (Å²) in [6, 6.07) is 8.24. The fourth-order valence-corrected chi connectivity index (χ4v) is 7.09. The highest BCUT2D eigenvalue weighted by atomic mass is 32.1. The first kappa shape index (κ1) is 28.3. The van der Waals surface area contributed by atoms with Gasteiger partial charge < -0.3 is 30.1 Å². The minimum Gasteiger partial charge on any atom is -0.385 e. The van der Waals surface area contributed by atoms with Crippen LogP contribution >= 0.6 is 11.3 Å². The molecule has 1 saturated carbocycles. The van der Waals surface area contributed by atoms with Crippen molar-refractivity contribution in [1.82, 2.24) is 15.5 Å². The monoisotopic (exact) mass is 531 g/mol. The van der Waals surface area contributed by atoms with Gasteiger partial charge in [-0.05, 0) is 55.5 Å². The highest BCUT2D eigenvalue weighted by molar-refractivity contribution is 7.17. The van der Waals surface area contributed by atoms with Gasteiger partial charge in [-0.15, -0.1) is 11.3 Å². The van der Waals surface area contributed by atoms with Crippen LogP contribution < -0.4 is 10.6 Å². The first-order valence-corrected chi connectivity index (χ1v) is 14.9. The maximum absolute atomic E-state index is 13.4. The molecule has 8 heteroatoms. The standard InChI is InChI=1S/C29H45N3O4S/c1-30-20-24(19-22-9-4-3-5-10-22)31-28(33)32-15-17-36-26(21-32)29(34,14-6-7-16-35-2)25-12-8-11-23-13-18-37-27(23)25/h8,11-13,18,22,24,26,30,34H,3-7,9-10,14-17,19-21H2,1-2H3,(H,31,33)/t24-,26+,29+/m0/s1. The van der Waals surface area contributed by atoms with E-state index in [1.165, 1.54) is 32.1 Å².